The SMILES string of the molecule is CC(C)[C@H](NC(=O)[C@H](CCCCN)NC(=O)[C@@H](N)Cc1c[nH]c2ccccc12)C(=O)N[C@@H](CS)C(=O)N[C@H](C(N)=O)[C@@H](C)O. The van der Waals surface area contributed by atoms with Gasteiger partial charge in [-0.15, -0.1) is 0 Å². The molecule has 44 heavy (non-hydrogen) atoms. The van der Waals surface area contributed by atoms with Crippen molar-refractivity contribution in [2.75, 3.05) is 12.3 Å². The van der Waals surface area contributed by atoms with E-state index in [-0.39, 0.29) is 18.6 Å². The molecule has 1 aromatic heterocycles. The molecule has 14 nitrogen and oxygen atoms in total. The Kier molecular flexibility index (Phi) is 14.6. The van der Waals surface area contributed by atoms with Crippen LogP contribution in [0, 0.1) is 5.92 Å². The first-order valence-corrected chi connectivity index (χ1v) is 15.2. The predicted molar refractivity (Wildman–Crippen MR) is 170 cm³/mol. The smallest absolute Gasteiger partial charge is 0.244 e. The number of hydrogen-bond donors (Lipinski definition) is 10. The number of thiol groups is 1. The molecule has 0 bridgehead atoms. The van der Waals surface area contributed by atoms with Gasteiger partial charge in [0.15, 0.2) is 0 Å². The van der Waals surface area contributed by atoms with Crippen molar-refractivity contribution in [3.05, 3.63) is 36.0 Å². The first kappa shape index (κ1) is 36.5. The van der Waals surface area contributed by atoms with E-state index in [1.54, 1.807) is 20.0 Å². The van der Waals surface area contributed by atoms with Gasteiger partial charge in [-0.2, -0.15) is 12.6 Å². The number of aromatic amines is 1. The summed E-state index contributed by atoms with van der Waals surface area (Å²) in [6.45, 7) is 5.09. The van der Waals surface area contributed by atoms with E-state index in [4.69, 9.17) is 17.2 Å². The number of unbranched alkanes of at least 4 members (excludes halogenated alkanes) is 1. The van der Waals surface area contributed by atoms with Crippen molar-refractivity contribution in [2.45, 2.75) is 82.8 Å². The molecule has 1 aromatic carbocycles. The molecular formula is C29H46N8O6S. The lowest BCUT2D eigenvalue weighted by molar-refractivity contribution is -0.135. The number of aliphatic hydroxyl groups excluding tert-OH is 1. The van der Waals surface area contributed by atoms with Crippen LogP contribution in [0.4, 0.5) is 0 Å². The van der Waals surface area contributed by atoms with E-state index in [0.29, 0.717) is 19.4 Å². The molecule has 2 aromatic rings. The quantitative estimate of drug-likeness (QED) is 0.0685. The van der Waals surface area contributed by atoms with Crippen LogP contribution in [0.15, 0.2) is 30.5 Å². The molecule has 15 heteroatoms. The summed E-state index contributed by atoms with van der Waals surface area (Å²) in [6.07, 6.45) is 2.19. The molecule has 244 valence electrons. The van der Waals surface area contributed by atoms with E-state index < -0.39 is 71.8 Å². The van der Waals surface area contributed by atoms with E-state index >= 15 is 0 Å². The van der Waals surface area contributed by atoms with Crippen LogP contribution in [0.25, 0.3) is 10.9 Å². The standard InChI is InChI=1S/C29H46N8O6S/c1-15(2)23(29(43)35-22(14-44)28(42)37-24(16(3)38)25(32)39)36-27(41)21(10-6-7-11-30)34-26(40)19(31)12-17-13-33-20-9-5-4-8-18(17)20/h4-5,8-9,13,15-16,19,21-24,33,38,44H,6-7,10-12,14,30-31H2,1-3H3,(H2,32,39)(H,34,40)(H,35,43)(H,36,41)(H,37,42)/t16-,19+,21+,22+,23+,24+/m1/s1. The summed E-state index contributed by atoms with van der Waals surface area (Å²) < 4.78 is 0. The molecule has 0 aliphatic heterocycles. The highest BCUT2D eigenvalue weighted by molar-refractivity contribution is 7.80. The number of nitrogens with one attached hydrogen (secondary N) is 5. The Bertz CT molecular complexity index is 1290. The fourth-order valence-electron chi connectivity index (χ4n) is 4.60. The van der Waals surface area contributed by atoms with Gasteiger partial charge >= 0.3 is 0 Å². The van der Waals surface area contributed by atoms with Gasteiger partial charge in [-0.1, -0.05) is 32.0 Å². The summed E-state index contributed by atoms with van der Waals surface area (Å²) in [7, 11) is 0. The highest BCUT2D eigenvalue weighted by atomic mass is 32.1. The Hall–Kier alpha value is -3.66. The number of aliphatic hydroxyl groups is 1. The third-order valence-electron chi connectivity index (χ3n) is 7.18. The molecule has 6 atom stereocenters. The van der Waals surface area contributed by atoms with Gasteiger partial charge in [-0.05, 0) is 56.7 Å². The number of benzene rings is 1. The lowest BCUT2D eigenvalue weighted by Crippen LogP contribution is -2.61. The van der Waals surface area contributed by atoms with Gasteiger partial charge in [-0.25, -0.2) is 0 Å². The second-order valence-electron chi connectivity index (χ2n) is 11.1. The van der Waals surface area contributed by atoms with Crippen LogP contribution in [0.5, 0.6) is 0 Å². The summed E-state index contributed by atoms with van der Waals surface area (Å²) in [6, 6.07) is 2.04. The topological polar surface area (TPSA) is 248 Å². The number of carbonyl (C=O) groups excluding carboxylic acids is 5. The number of hydrogen-bond acceptors (Lipinski definition) is 9. The number of primary amides is 1. The second-order valence-corrected chi connectivity index (χ2v) is 11.5. The first-order valence-electron chi connectivity index (χ1n) is 14.6. The largest absolute Gasteiger partial charge is 0.391 e. The van der Waals surface area contributed by atoms with Gasteiger partial charge in [0.05, 0.1) is 12.1 Å². The van der Waals surface area contributed by atoms with Crippen LogP contribution in [-0.2, 0) is 30.4 Å². The van der Waals surface area contributed by atoms with Gasteiger partial charge in [0, 0.05) is 22.9 Å². The maximum Gasteiger partial charge on any atom is 0.244 e. The summed E-state index contributed by atoms with van der Waals surface area (Å²) in [4.78, 5) is 67.2. The minimum atomic E-state index is -1.37. The van der Waals surface area contributed by atoms with Crippen molar-refractivity contribution < 1.29 is 29.1 Å². The number of aromatic nitrogens is 1. The summed E-state index contributed by atoms with van der Waals surface area (Å²) in [5.74, 6) is -4.10. The zero-order chi connectivity index (χ0) is 33.0. The van der Waals surface area contributed by atoms with E-state index in [2.05, 4.69) is 38.9 Å². The molecule has 5 amide bonds. The lowest BCUT2D eigenvalue weighted by atomic mass is 10.0. The first-order chi connectivity index (χ1) is 20.8. The van der Waals surface area contributed by atoms with Crippen molar-refractivity contribution in [2.24, 2.45) is 23.1 Å². The Morgan fingerprint density at radius 1 is 0.886 bits per heavy atom. The third-order valence-corrected chi connectivity index (χ3v) is 7.55. The minimum absolute atomic E-state index is 0.145. The Morgan fingerprint density at radius 3 is 2.09 bits per heavy atom. The average molecular weight is 635 g/mol. The lowest BCUT2D eigenvalue weighted by Gasteiger charge is -2.28. The molecule has 2 rings (SSSR count). The monoisotopic (exact) mass is 634 g/mol. The normalized spacial score (nSPS) is 15.5. The van der Waals surface area contributed by atoms with Crippen molar-refractivity contribution >= 4 is 53.1 Å². The van der Waals surface area contributed by atoms with Crippen molar-refractivity contribution in [3.8, 4) is 0 Å². The van der Waals surface area contributed by atoms with Crippen LogP contribution < -0.4 is 38.5 Å². The highest BCUT2D eigenvalue weighted by Gasteiger charge is 2.33. The molecular weight excluding hydrogens is 588 g/mol. The van der Waals surface area contributed by atoms with Crippen LogP contribution in [0.3, 0.4) is 0 Å². The van der Waals surface area contributed by atoms with Crippen LogP contribution in [-0.4, -0.2) is 88.2 Å². The molecule has 0 spiro atoms. The molecule has 0 saturated carbocycles. The number of nitrogens with two attached hydrogens (primary N) is 3. The average Bonchev–Trinajstić information content (AvgIpc) is 3.38. The van der Waals surface area contributed by atoms with E-state index in [9.17, 15) is 29.1 Å². The van der Waals surface area contributed by atoms with Crippen LogP contribution in [0.2, 0.25) is 0 Å². The van der Waals surface area contributed by atoms with E-state index in [1.807, 2.05) is 24.3 Å². The van der Waals surface area contributed by atoms with Gasteiger partial charge < -0.3 is 48.6 Å². The Morgan fingerprint density at radius 2 is 1.50 bits per heavy atom. The van der Waals surface area contributed by atoms with Gasteiger partial charge in [0.2, 0.25) is 29.5 Å². The van der Waals surface area contributed by atoms with E-state index in [1.165, 1.54) is 6.92 Å². The molecule has 0 fully saturated rings. The highest BCUT2D eigenvalue weighted by Crippen LogP contribution is 2.19. The number of para-hydroxylation sites is 1. The second kappa shape index (κ2) is 17.6. The molecule has 0 aliphatic rings. The Labute approximate surface area is 262 Å². The summed E-state index contributed by atoms with van der Waals surface area (Å²) in [5.41, 5.74) is 18.9. The van der Waals surface area contributed by atoms with Crippen LogP contribution >= 0.6 is 12.6 Å². The van der Waals surface area contributed by atoms with E-state index in [0.717, 1.165) is 16.5 Å². The molecule has 12 N–H and O–H groups in total. The van der Waals surface area contributed by atoms with Crippen LogP contribution in [0.1, 0.15) is 45.6 Å². The maximum absolute atomic E-state index is 13.4. The predicted octanol–water partition coefficient (Wildman–Crippen LogP) is -1.44. The number of rotatable bonds is 18. The van der Waals surface area contributed by atoms with Gasteiger partial charge in [0.25, 0.3) is 0 Å². The minimum Gasteiger partial charge on any atom is -0.391 e. The summed E-state index contributed by atoms with van der Waals surface area (Å²) >= 11 is 4.12. The number of amides is 5. The number of fused-ring (bicyclic) bond motifs is 1. The zero-order valence-electron chi connectivity index (χ0n) is 25.3. The van der Waals surface area contributed by atoms with Crippen molar-refractivity contribution in [1.82, 2.24) is 26.3 Å². The number of carbonyl (C=O) groups is 5. The summed E-state index contributed by atoms with van der Waals surface area (Å²) in [5, 5.41) is 20.9. The third kappa shape index (κ3) is 10.5. The molecule has 0 aliphatic carbocycles. The molecule has 0 saturated heterocycles. The molecule has 1 heterocycles. The van der Waals surface area contributed by atoms with Gasteiger partial charge in [-0.3, -0.25) is 24.0 Å². The van der Waals surface area contributed by atoms with Crippen molar-refractivity contribution in [1.29, 1.82) is 0 Å². The maximum atomic E-state index is 13.4. The fourth-order valence-corrected chi connectivity index (χ4v) is 4.86. The van der Waals surface area contributed by atoms with Gasteiger partial charge in [0.1, 0.15) is 24.2 Å². The molecule has 0 radical (unpaired) electrons. The van der Waals surface area contributed by atoms with Crippen molar-refractivity contribution in [3.63, 3.8) is 0 Å². The fraction of sp³-hybridized carbons (Fsp3) is 0.552. The zero-order valence-corrected chi connectivity index (χ0v) is 26.2. The molecule has 0 unspecified atom stereocenters. The number of H-pyrrole nitrogens is 1. The Balaban J connectivity index is 2.12.